The number of carbonyl (C=O) groups is 1. The van der Waals surface area contributed by atoms with Crippen LogP contribution in [-0.2, 0) is 0 Å². The third kappa shape index (κ3) is 2.38. The Bertz CT molecular complexity index is 778. The van der Waals surface area contributed by atoms with Gasteiger partial charge in [0.1, 0.15) is 0 Å². The van der Waals surface area contributed by atoms with Gasteiger partial charge in [0.05, 0.1) is 11.6 Å². The Morgan fingerprint density at radius 1 is 1.43 bits per heavy atom. The van der Waals surface area contributed by atoms with E-state index < -0.39 is 0 Å². The molecule has 0 spiro atoms. The summed E-state index contributed by atoms with van der Waals surface area (Å²) in [6, 6.07) is 9.41. The highest BCUT2D eigenvalue weighted by atomic mass is 32.1. The second-order valence-corrected chi connectivity index (χ2v) is 5.96. The number of nitrogens with zero attached hydrogens (tertiary/aromatic N) is 2. The Kier molecular flexibility index (Phi) is 3.39. The van der Waals surface area contributed by atoms with Crippen LogP contribution in [-0.4, -0.2) is 28.1 Å². The van der Waals surface area contributed by atoms with Crippen molar-refractivity contribution in [1.29, 1.82) is 0 Å². The molecular formula is C15H16N4OS. The zero-order chi connectivity index (χ0) is 15.0. The highest BCUT2D eigenvalue weighted by Gasteiger charge is 2.23. The summed E-state index contributed by atoms with van der Waals surface area (Å²) >= 11 is 1.64. The van der Waals surface area contributed by atoms with E-state index >= 15 is 0 Å². The molecule has 1 amide bonds. The first-order valence-corrected chi connectivity index (χ1v) is 7.50. The van der Waals surface area contributed by atoms with Crippen molar-refractivity contribution in [1.82, 2.24) is 15.1 Å². The number of hydrogen-bond acceptors (Lipinski definition) is 4. The molecule has 6 heteroatoms. The van der Waals surface area contributed by atoms with Gasteiger partial charge in [-0.1, -0.05) is 6.07 Å². The number of aromatic nitrogens is 2. The van der Waals surface area contributed by atoms with Crippen molar-refractivity contribution in [2.45, 2.75) is 13.0 Å². The van der Waals surface area contributed by atoms with Gasteiger partial charge in [0, 0.05) is 23.0 Å². The number of thiophene rings is 1. The van der Waals surface area contributed by atoms with E-state index in [4.69, 9.17) is 5.73 Å². The fourth-order valence-electron chi connectivity index (χ4n) is 2.26. The van der Waals surface area contributed by atoms with Gasteiger partial charge in [-0.25, -0.2) is 0 Å². The highest BCUT2D eigenvalue weighted by molar-refractivity contribution is 7.10. The number of rotatable bonds is 3. The maximum absolute atomic E-state index is 12.7. The fraction of sp³-hybridized carbons (Fsp3) is 0.200. The van der Waals surface area contributed by atoms with Gasteiger partial charge in [-0.3, -0.25) is 9.89 Å². The number of aromatic amines is 1. The number of nitrogen functional groups attached to an aromatic ring is 1. The van der Waals surface area contributed by atoms with Crippen LogP contribution < -0.4 is 5.73 Å². The van der Waals surface area contributed by atoms with Crippen LogP contribution in [0.25, 0.3) is 10.9 Å². The Balaban J connectivity index is 1.95. The first-order chi connectivity index (χ1) is 10.1. The van der Waals surface area contributed by atoms with Gasteiger partial charge >= 0.3 is 0 Å². The number of H-pyrrole nitrogens is 1. The smallest absolute Gasteiger partial charge is 0.275 e. The summed E-state index contributed by atoms with van der Waals surface area (Å²) < 4.78 is 0. The number of nitrogens with two attached hydrogens (primary N) is 1. The van der Waals surface area contributed by atoms with E-state index in [1.807, 2.05) is 30.5 Å². The van der Waals surface area contributed by atoms with Crippen molar-refractivity contribution in [3.8, 4) is 0 Å². The van der Waals surface area contributed by atoms with Crippen LogP contribution in [0, 0.1) is 0 Å². The molecule has 2 heterocycles. The molecule has 21 heavy (non-hydrogen) atoms. The normalized spacial score (nSPS) is 12.5. The molecule has 5 nitrogen and oxygen atoms in total. The molecule has 0 fully saturated rings. The number of hydrogen-bond donors (Lipinski definition) is 2. The van der Waals surface area contributed by atoms with Crippen molar-refractivity contribution in [3.63, 3.8) is 0 Å². The molecule has 0 saturated carbocycles. The third-order valence-corrected chi connectivity index (χ3v) is 4.69. The number of amides is 1. The summed E-state index contributed by atoms with van der Waals surface area (Å²) in [5.74, 6) is -0.118. The Morgan fingerprint density at radius 2 is 2.24 bits per heavy atom. The molecular weight excluding hydrogens is 284 g/mol. The summed E-state index contributed by atoms with van der Waals surface area (Å²) in [5, 5.41) is 9.79. The maximum Gasteiger partial charge on any atom is 0.275 e. The number of anilines is 1. The molecule has 108 valence electrons. The molecule has 0 aliphatic carbocycles. The Hall–Kier alpha value is -2.34. The standard InChI is InChI=1S/C15H16N4OS/c1-9(13-4-3-7-21-13)19(2)15(20)14-11-8-10(16)5-6-12(11)17-18-14/h3-9H,16H2,1-2H3,(H,17,18). The SMILES string of the molecule is CC(c1cccs1)N(C)C(=O)c1n[nH]c2ccc(N)cc12. The molecule has 2 aromatic heterocycles. The van der Waals surface area contributed by atoms with Crippen molar-refractivity contribution < 1.29 is 4.79 Å². The lowest BCUT2D eigenvalue weighted by atomic mass is 10.1. The van der Waals surface area contributed by atoms with E-state index in [1.165, 1.54) is 0 Å². The van der Waals surface area contributed by atoms with Crippen LogP contribution in [0.2, 0.25) is 0 Å². The summed E-state index contributed by atoms with van der Waals surface area (Å²) in [7, 11) is 1.79. The molecule has 0 bridgehead atoms. The van der Waals surface area contributed by atoms with E-state index in [0.29, 0.717) is 11.4 Å². The monoisotopic (exact) mass is 300 g/mol. The van der Waals surface area contributed by atoms with E-state index in [2.05, 4.69) is 10.2 Å². The number of fused-ring (bicyclic) bond motifs is 1. The summed E-state index contributed by atoms with van der Waals surface area (Å²) in [5.41, 5.74) is 7.63. The molecule has 3 rings (SSSR count). The van der Waals surface area contributed by atoms with E-state index in [-0.39, 0.29) is 11.9 Å². The quantitative estimate of drug-likeness (QED) is 0.730. The number of carbonyl (C=O) groups excluding carboxylic acids is 1. The van der Waals surface area contributed by atoms with Gasteiger partial charge in [-0.15, -0.1) is 11.3 Å². The van der Waals surface area contributed by atoms with Crippen LogP contribution in [0.1, 0.15) is 28.3 Å². The maximum atomic E-state index is 12.7. The van der Waals surface area contributed by atoms with Crippen LogP contribution in [0.15, 0.2) is 35.7 Å². The lowest BCUT2D eigenvalue weighted by Gasteiger charge is -2.23. The Labute approximate surface area is 126 Å². The van der Waals surface area contributed by atoms with Crippen LogP contribution in [0.3, 0.4) is 0 Å². The van der Waals surface area contributed by atoms with Crippen LogP contribution in [0.4, 0.5) is 5.69 Å². The fourth-order valence-corrected chi connectivity index (χ4v) is 3.08. The molecule has 1 atom stereocenters. The molecule has 1 unspecified atom stereocenters. The molecule has 0 aliphatic heterocycles. The highest BCUT2D eigenvalue weighted by Crippen LogP contribution is 2.26. The largest absolute Gasteiger partial charge is 0.399 e. The predicted molar refractivity (Wildman–Crippen MR) is 85.3 cm³/mol. The van der Waals surface area contributed by atoms with E-state index in [0.717, 1.165) is 15.8 Å². The number of benzene rings is 1. The minimum atomic E-state index is -0.118. The van der Waals surface area contributed by atoms with Crippen molar-refractivity contribution in [2.24, 2.45) is 0 Å². The van der Waals surface area contributed by atoms with Crippen molar-refractivity contribution >= 4 is 33.8 Å². The minimum absolute atomic E-state index is 0.00492. The average Bonchev–Trinajstić information content (AvgIpc) is 3.13. The zero-order valence-corrected chi connectivity index (χ0v) is 12.6. The van der Waals surface area contributed by atoms with Crippen LogP contribution >= 0.6 is 11.3 Å². The molecule has 1 aromatic carbocycles. The summed E-state index contributed by atoms with van der Waals surface area (Å²) in [6.45, 7) is 2.01. The molecule has 0 aliphatic rings. The van der Waals surface area contributed by atoms with Gasteiger partial charge in [-0.2, -0.15) is 5.10 Å². The average molecular weight is 300 g/mol. The second-order valence-electron chi connectivity index (χ2n) is 4.98. The molecule has 3 N–H and O–H groups in total. The topological polar surface area (TPSA) is 75.0 Å². The lowest BCUT2D eigenvalue weighted by Crippen LogP contribution is -2.29. The third-order valence-electron chi connectivity index (χ3n) is 3.65. The molecule has 0 radical (unpaired) electrons. The van der Waals surface area contributed by atoms with Gasteiger partial charge in [-0.05, 0) is 36.6 Å². The van der Waals surface area contributed by atoms with Crippen molar-refractivity contribution in [2.75, 3.05) is 12.8 Å². The zero-order valence-electron chi connectivity index (χ0n) is 11.8. The van der Waals surface area contributed by atoms with E-state index in [1.54, 1.807) is 35.4 Å². The van der Waals surface area contributed by atoms with Gasteiger partial charge < -0.3 is 10.6 Å². The predicted octanol–water partition coefficient (Wildman–Crippen LogP) is 3.04. The summed E-state index contributed by atoms with van der Waals surface area (Å²) in [6.07, 6.45) is 0. The van der Waals surface area contributed by atoms with Gasteiger partial charge in [0.2, 0.25) is 0 Å². The van der Waals surface area contributed by atoms with Crippen molar-refractivity contribution in [3.05, 3.63) is 46.3 Å². The van der Waals surface area contributed by atoms with Gasteiger partial charge in [0.25, 0.3) is 5.91 Å². The van der Waals surface area contributed by atoms with Gasteiger partial charge in [0.15, 0.2) is 5.69 Å². The number of nitrogens with one attached hydrogen (secondary N) is 1. The Morgan fingerprint density at radius 3 is 2.95 bits per heavy atom. The minimum Gasteiger partial charge on any atom is -0.399 e. The molecule has 0 saturated heterocycles. The van der Waals surface area contributed by atoms with E-state index in [9.17, 15) is 4.79 Å². The second kappa shape index (κ2) is 5.21. The van der Waals surface area contributed by atoms with Crippen LogP contribution in [0.5, 0.6) is 0 Å². The first kappa shape index (κ1) is 13.6. The summed E-state index contributed by atoms with van der Waals surface area (Å²) in [4.78, 5) is 15.5. The lowest BCUT2D eigenvalue weighted by molar-refractivity contribution is 0.0741. The first-order valence-electron chi connectivity index (χ1n) is 6.62. The molecule has 3 aromatic rings.